The number of hydrogen-bond acceptors (Lipinski definition) is 9. The number of nitrogens with zero attached hydrogens (tertiary/aromatic N) is 5. The van der Waals surface area contributed by atoms with Crippen molar-refractivity contribution < 1.29 is 18.3 Å². The first kappa shape index (κ1) is 32.3. The van der Waals surface area contributed by atoms with Gasteiger partial charge in [-0.2, -0.15) is 0 Å². The maximum Gasteiger partial charge on any atom is 0.256 e. The summed E-state index contributed by atoms with van der Waals surface area (Å²) in [5.74, 6) is 1.35. The van der Waals surface area contributed by atoms with E-state index >= 15 is 0 Å². The molecule has 1 unspecified atom stereocenters. The Labute approximate surface area is 297 Å². The zero-order valence-electron chi connectivity index (χ0n) is 27.8. The molecule has 0 spiro atoms. The van der Waals surface area contributed by atoms with Crippen molar-refractivity contribution in [2.45, 2.75) is 58.5 Å². The molecule has 5 heterocycles. The van der Waals surface area contributed by atoms with Crippen LogP contribution in [0.4, 0.5) is 10.2 Å². The Balaban J connectivity index is 1.27. The number of fused-ring (bicyclic) bond motifs is 3. The molecule has 0 radical (unpaired) electrons. The summed E-state index contributed by atoms with van der Waals surface area (Å²) in [7, 11) is 1.50. The molecule has 2 aliphatic rings. The van der Waals surface area contributed by atoms with Crippen molar-refractivity contribution in [1.82, 2.24) is 25.1 Å². The summed E-state index contributed by atoms with van der Waals surface area (Å²) in [4.78, 5) is 26.8. The van der Waals surface area contributed by atoms with Crippen molar-refractivity contribution in [1.29, 1.82) is 0 Å². The Kier molecular flexibility index (Phi) is 8.48. The topological polar surface area (TPSA) is 106 Å². The van der Waals surface area contributed by atoms with E-state index in [0.717, 1.165) is 67.3 Å². The molecule has 1 atom stereocenters. The lowest BCUT2D eigenvalue weighted by Crippen LogP contribution is -2.24. The SMILES string of the molecule is CCCN1Cc2nc(CCc3ccccc3Cl)c(-c3nnc(C)o3)c(-c3cc4ccnc(NC5CCc6c5ccc(F)c6OC)c4s3)c2C1=O. The molecule has 254 valence electrons. The van der Waals surface area contributed by atoms with Gasteiger partial charge in [-0.3, -0.25) is 9.78 Å². The highest BCUT2D eigenvalue weighted by Crippen LogP contribution is 2.47. The molecule has 1 amide bonds. The van der Waals surface area contributed by atoms with Gasteiger partial charge < -0.3 is 19.4 Å². The van der Waals surface area contributed by atoms with Crippen LogP contribution in [0.1, 0.15) is 70.1 Å². The van der Waals surface area contributed by atoms with E-state index < -0.39 is 0 Å². The summed E-state index contributed by atoms with van der Waals surface area (Å²) < 4.78 is 26.9. The Morgan fingerprint density at radius 2 is 1.98 bits per heavy atom. The van der Waals surface area contributed by atoms with Crippen molar-refractivity contribution in [3.05, 3.63) is 105 Å². The van der Waals surface area contributed by atoms with Crippen LogP contribution in [-0.2, 0) is 25.8 Å². The molecule has 0 saturated carbocycles. The smallest absolute Gasteiger partial charge is 0.256 e. The number of amides is 1. The molecule has 12 heteroatoms. The van der Waals surface area contributed by atoms with Crippen molar-refractivity contribution in [3.8, 4) is 27.6 Å². The molecule has 1 N–H and O–H groups in total. The molecule has 0 bridgehead atoms. The summed E-state index contributed by atoms with van der Waals surface area (Å²) in [5.41, 5.74) is 6.38. The third kappa shape index (κ3) is 5.58. The zero-order valence-corrected chi connectivity index (χ0v) is 29.4. The molecule has 1 aliphatic heterocycles. The number of thiophene rings is 1. The summed E-state index contributed by atoms with van der Waals surface area (Å²) in [6.07, 6.45) is 5.28. The van der Waals surface area contributed by atoms with Crippen LogP contribution in [-0.4, -0.2) is 44.6 Å². The Morgan fingerprint density at radius 1 is 1.12 bits per heavy atom. The van der Waals surface area contributed by atoms with Gasteiger partial charge in [-0.25, -0.2) is 9.37 Å². The fraction of sp³-hybridized carbons (Fsp3) is 0.289. The predicted molar refractivity (Wildman–Crippen MR) is 192 cm³/mol. The Morgan fingerprint density at radius 3 is 2.76 bits per heavy atom. The van der Waals surface area contributed by atoms with Crippen molar-refractivity contribution in [2.75, 3.05) is 19.0 Å². The van der Waals surface area contributed by atoms with E-state index in [9.17, 15) is 9.18 Å². The van der Waals surface area contributed by atoms with Crippen LogP contribution in [0.3, 0.4) is 0 Å². The highest BCUT2D eigenvalue weighted by molar-refractivity contribution is 7.23. The molecule has 2 aromatic carbocycles. The number of aryl methyl sites for hydroxylation is 3. The first-order valence-corrected chi connectivity index (χ1v) is 17.9. The van der Waals surface area contributed by atoms with Crippen LogP contribution in [0.5, 0.6) is 5.75 Å². The largest absolute Gasteiger partial charge is 0.493 e. The second kappa shape index (κ2) is 13.1. The van der Waals surface area contributed by atoms with Crippen molar-refractivity contribution >= 4 is 44.7 Å². The maximum absolute atomic E-state index is 14.5. The quantitative estimate of drug-likeness (QED) is 0.151. The molecular weight excluding hydrogens is 675 g/mol. The third-order valence-corrected chi connectivity index (χ3v) is 11.1. The molecule has 4 aromatic heterocycles. The summed E-state index contributed by atoms with van der Waals surface area (Å²) in [5, 5.41) is 13.9. The minimum atomic E-state index is -0.356. The fourth-order valence-corrected chi connectivity index (χ4v) is 8.67. The highest BCUT2D eigenvalue weighted by atomic mass is 35.5. The molecule has 8 rings (SSSR count). The van der Waals surface area contributed by atoms with Crippen LogP contribution in [0.15, 0.2) is 59.1 Å². The number of rotatable bonds is 10. The van der Waals surface area contributed by atoms with Crippen LogP contribution in [0.2, 0.25) is 5.02 Å². The summed E-state index contributed by atoms with van der Waals surface area (Å²) >= 11 is 8.13. The average Bonchev–Trinajstić information content (AvgIpc) is 3.90. The van der Waals surface area contributed by atoms with Crippen molar-refractivity contribution in [2.24, 2.45) is 0 Å². The third-order valence-electron chi connectivity index (χ3n) is 9.51. The molecule has 50 heavy (non-hydrogen) atoms. The molecule has 6 aromatic rings. The standard InChI is InChI=1S/C38H34ClFN6O3S/c1-4-17-46-19-29-32(38(46)47)33(31(37-45-44-20(2)49-37)28(42-29)13-9-21-7-5-6-8-25(21)39)30-18-22-15-16-41-36(35(22)50-30)43-27-14-11-24-23(27)10-12-26(40)34(24)48-3/h5-8,10,12,15-16,18,27H,4,9,11,13-14,17,19H2,1-3H3,(H,41,43). The number of hydrogen-bond donors (Lipinski definition) is 1. The number of halogens is 2. The van der Waals surface area contributed by atoms with Crippen LogP contribution in [0, 0.1) is 12.7 Å². The lowest BCUT2D eigenvalue weighted by Gasteiger charge is -2.16. The van der Waals surface area contributed by atoms with E-state index in [2.05, 4.69) is 28.5 Å². The number of carbonyl (C=O) groups excluding carboxylic acids is 1. The number of aromatic nitrogens is 4. The average molecular weight is 709 g/mol. The lowest BCUT2D eigenvalue weighted by molar-refractivity contribution is 0.0778. The minimum Gasteiger partial charge on any atom is -0.493 e. The van der Waals surface area contributed by atoms with E-state index in [1.54, 1.807) is 24.5 Å². The van der Waals surface area contributed by atoms with Gasteiger partial charge >= 0.3 is 0 Å². The Hall–Kier alpha value is -4.87. The first-order chi connectivity index (χ1) is 24.3. The number of ether oxygens (including phenoxy) is 1. The van der Waals surface area contributed by atoms with Gasteiger partial charge in [0.05, 0.1) is 46.9 Å². The van der Waals surface area contributed by atoms with Gasteiger partial charge in [0, 0.05) is 40.7 Å². The van der Waals surface area contributed by atoms with E-state index in [4.69, 9.17) is 30.7 Å². The van der Waals surface area contributed by atoms with E-state index in [-0.39, 0.29) is 17.8 Å². The first-order valence-electron chi connectivity index (χ1n) is 16.7. The second-order valence-electron chi connectivity index (χ2n) is 12.6. The maximum atomic E-state index is 14.5. The predicted octanol–water partition coefficient (Wildman–Crippen LogP) is 8.77. The summed E-state index contributed by atoms with van der Waals surface area (Å²) in [6, 6.07) is 15.1. The van der Waals surface area contributed by atoms with Gasteiger partial charge in [0.1, 0.15) is 5.82 Å². The molecule has 9 nitrogen and oxygen atoms in total. The molecule has 0 fully saturated rings. The van der Waals surface area contributed by atoms with Crippen LogP contribution >= 0.6 is 22.9 Å². The molecular formula is C38H34ClFN6O3S. The number of carbonyl (C=O) groups is 1. The van der Waals surface area contributed by atoms with Gasteiger partial charge in [-0.05, 0) is 72.9 Å². The zero-order chi connectivity index (χ0) is 34.5. The van der Waals surface area contributed by atoms with Gasteiger partial charge in [-0.15, -0.1) is 21.5 Å². The second-order valence-corrected chi connectivity index (χ2v) is 14.1. The van der Waals surface area contributed by atoms with Gasteiger partial charge in [-0.1, -0.05) is 42.8 Å². The fourth-order valence-electron chi connectivity index (χ4n) is 7.27. The van der Waals surface area contributed by atoms with Crippen molar-refractivity contribution in [3.63, 3.8) is 0 Å². The van der Waals surface area contributed by atoms with Crippen LogP contribution < -0.4 is 10.1 Å². The minimum absolute atomic E-state index is 0.0582. The number of pyridine rings is 2. The normalized spacial score (nSPS) is 15.2. The molecule has 1 aliphatic carbocycles. The van der Waals surface area contributed by atoms with Gasteiger partial charge in [0.25, 0.3) is 5.91 Å². The van der Waals surface area contributed by atoms with Gasteiger partial charge in [0.15, 0.2) is 11.6 Å². The van der Waals surface area contributed by atoms with Gasteiger partial charge in [0.2, 0.25) is 11.8 Å². The monoisotopic (exact) mass is 708 g/mol. The summed E-state index contributed by atoms with van der Waals surface area (Å²) in [6.45, 7) is 4.88. The molecule has 0 saturated heterocycles. The number of methoxy groups -OCH3 is 1. The number of benzene rings is 2. The van der Waals surface area contributed by atoms with E-state index in [0.29, 0.717) is 66.0 Å². The highest BCUT2D eigenvalue weighted by Gasteiger charge is 2.37. The number of anilines is 1. The lowest BCUT2D eigenvalue weighted by atomic mass is 9.94. The van der Waals surface area contributed by atoms with Crippen LogP contribution in [0.25, 0.3) is 32.0 Å². The number of nitrogens with one attached hydrogen (secondary N) is 1. The van der Waals surface area contributed by atoms with E-state index in [1.807, 2.05) is 41.3 Å². The van der Waals surface area contributed by atoms with E-state index in [1.165, 1.54) is 13.2 Å². The Bertz CT molecular complexity index is 2290.